The summed E-state index contributed by atoms with van der Waals surface area (Å²) in [5.74, 6) is 0.592. The van der Waals surface area contributed by atoms with Crippen molar-refractivity contribution in [3.05, 3.63) is 0 Å². The predicted molar refractivity (Wildman–Crippen MR) is 56.2 cm³/mol. The van der Waals surface area contributed by atoms with Gasteiger partial charge >= 0.3 is 0 Å². The lowest BCUT2D eigenvalue weighted by atomic mass is 10.0. The smallest absolute Gasteiger partial charge is 0.0681 e. The van der Waals surface area contributed by atoms with E-state index in [0.29, 0.717) is 12.0 Å². The lowest BCUT2D eigenvalue weighted by Gasteiger charge is -2.13. The topological polar surface area (TPSA) is 29.5 Å². The molecule has 2 nitrogen and oxygen atoms in total. The average molecular weight is 198 g/mol. The molecule has 0 aromatic heterocycles. The lowest BCUT2D eigenvalue weighted by Crippen LogP contribution is -2.15. The fourth-order valence-corrected chi connectivity index (χ4v) is 2.68. The summed E-state index contributed by atoms with van der Waals surface area (Å²) >= 11 is 0. The van der Waals surface area contributed by atoms with Crippen molar-refractivity contribution in [3.63, 3.8) is 0 Å². The second-order valence-electron chi connectivity index (χ2n) is 4.97. The van der Waals surface area contributed by atoms with Gasteiger partial charge in [0.15, 0.2) is 0 Å². The molecule has 2 heteroatoms. The SMILES string of the molecule is CCCC1CC1(O)CCC1CCCO1. The first-order valence-electron chi connectivity index (χ1n) is 6.08. The summed E-state index contributed by atoms with van der Waals surface area (Å²) in [5, 5.41) is 10.1. The second kappa shape index (κ2) is 4.19. The Labute approximate surface area is 86.6 Å². The summed E-state index contributed by atoms with van der Waals surface area (Å²) in [6, 6.07) is 0. The third kappa shape index (κ3) is 2.29. The monoisotopic (exact) mass is 198 g/mol. The lowest BCUT2D eigenvalue weighted by molar-refractivity contribution is 0.0657. The third-order valence-corrected chi connectivity index (χ3v) is 3.76. The Morgan fingerprint density at radius 2 is 2.29 bits per heavy atom. The molecule has 0 aromatic rings. The van der Waals surface area contributed by atoms with Crippen LogP contribution in [-0.4, -0.2) is 23.4 Å². The second-order valence-corrected chi connectivity index (χ2v) is 4.97. The fourth-order valence-electron chi connectivity index (χ4n) is 2.68. The quantitative estimate of drug-likeness (QED) is 0.735. The van der Waals surface area contributed by atoms with Crippen LogP contribution < -0.4 is 0 Å². The van der Waals surface area contributed by atoms with Crippen LogP contribution in [-0.2, 0) is 4.74 Å². The number of hydrogen-bond acceptors (Lipinski definition) is 2. The molecular weight excluding hydrogens is 176 g/mol. The Bertz CT molecular complexity index is 187. The number of aliphatic hydroxyl groups is 1. The number of ether oxygens (including phenoxy) is 1. The molecule has 2 rings (SSSR count). The van der Waals surface area contributed by atoms with Crippen molar-refractivity contribution in [2.45, 2.75) is 63.6 Å². The van der Waals surface area contributed by atoms with Gasteiger partial charge in [0, 0.05) is 6.61 Å². The Morgan fingerprint density at radius 3 is 2.93 bits per heavy atom. The van der Waals surface area contributed by atoms with Crippen LogP contribution >= 0.6 is 0 Å². The van der Waals surface area contributed by atoms with Crippen molar-refractivity contribution in [2.24, 2.45) is 5.92 Å². The van der Waals surface area contributed by atoms with Crippen LogP contribution in [0.2, 0.25) is 0 Å². The van der Waals surface area contributed by atoms with E-state index in [-0.39, 0.29) is 5.60 Å². The summed E-state index contributed by atoms with van der Waals surface area (Å²) in [4.78, 5) is 0. The molecule has 2 fully saturated rings. The highest BCUT2D eigenvalue weighted by Gasteiger charge is 2.51. The molecule has 0 aromatic carbocycles. The fraction of sp³-hybridized carbons (Fsp3) is 1.00. The van der Waals surface area contributed by atoms with E-state index in [9.17, 15) is 5.11 Å². The highest BCUT2D eigenvalue weighted by Crippen LogP contribution is 2.50. The summed E-state index contributed by atoms with van der Waals surface area (Å²) in [6.45, 7) is 3.13. The zero-order chi connectivity index (χ0) is 10.0. The van der Waals surface area contributed by atoms with E-state index in [2.05, 4.69) is 6.92 Å². The van der Waals surface area contributed by atoms with Crippen LogP contribution in [0.3, 0.4) is 0 Å². The minimum absolute atomic E-state index is 0.304. The molecule has 1 heterocycles. The van der Waals surface area contributed by atoms with Gasteiger partial charge in [-0.2, -0.15) is 0 Å². The van der Waals surface area contributed by atoms with E-state index in [1.165, 1.54) is 25.7 Å². The van der Waals surface area contributed by atoms with E-state index in [0.717, 1.165) is 25.9 Å². The van der Waals surface area contributed by atoms with Gasteiger partial charge in [0.1, 0.15) is 0 Å². The molecule has 3 atom stereocenters. The molecule has 1 saturated heterocycles. The summed E-state index contributed by atoms with van der Waals surface area (Å²) in [6.07, 6.45) is 8.32. The molecule has 0 spiro atoms. The maximum Gasteiger partial charge on any atom is 0.0681 e. The maximum atomic E-state index is 10.1. The van der Waals surface area contributed by atoms with Gasteiger partial charge in [-0.1, -0.05) is 13.3 Å². The molecular formula is C12H22O2. The first-order valence-corrected chi connectivity index (χ1v) is 6.08. The molecule has 1 saturated carbocycles. The molecule has 82 valence electrons. The molecule has 1 N–H and O–H groups in total. The van der Waals surface area contributed by atoms with Gasteiger partial charge in [-0.15, -0.1) is 0 Å². The molecule has 14 heavy (non-hydrogen) atoms. The Hall–Kier alpha value is -0.0800. The zero-order valence-electron chi connectivity index (χ0n) is 9.17. The highest BCUT2D eigenvalue weighted by molar-refractivity contribution is 5.03. The van der Waals surface area contributed by atoms with Gasteiger partial charge in [-0.25, -0.2) is 0 Å². The molecule has 2 aliphatic rings. The third-order valence-electron chi connectivity index (χ3n) is 3.76. The predicted octanol–water partition coefficient (Wildman–Crippen LogP) is 2.50. The number of rotatable bonds is 5. The molecule has 1 aliphatic heterocycles. The van der Waals surface area contributed by atoms with Crippen LogP contribution in [0.15, 0.2) is 0 Å². The van der Waals surface area contributed by atoms with Crippen LogP contribution in [0.1, 0.15) is 51.9 Å². The van der Waals surface area contributed by atoms with Gasteiger partial charge in [-0.3, -0.25) is 0 Å². The van der Waals surface area contributed by atoms with Crippen LogP contribution in [0.5, 0.6) is 0 Å². The Balaban J connectivity index is 1.65. The normalized spacial score (nSPS) is 41.6. The Morgan fingerprint density at radius 1 is 1.43 bits per heavy atom. The van der Waals surface area contributed by atoms with Gasteiger partial charge in [0.25, 0.3) is 0 Å². The van der Waals surface area contributed by atoms with Gasteiger partial charge in [-0.05, 0) is 44.4 Å². The van der Waals surface area contributed by atoms with E-state index in [1.807, 2.05) is 0 Å². The van der Waals surface area contributed by atoms with Crippen molar-refractivity contribution < 1.29 is 9.84 Å². The zero-order valence-corrected chi connectivity index (χ0v) is 9.17. The molecule has 3 unspecified atom stereocenters. The van der Waals surface area contributed by atoms with E-state index >= 15 is 0 Å². The largest absolute Gasteiger partial charge is 0.390 e. The Kier molecular flexibility index (Phi) is 3.13. The van der Waals surface area contributed by atoms with Gasteiger partial charge < -0.3 is 9.84 Å². The van der Waals surface area contributed by atoms with Crippen LogP contribution in [0.4, 0.5) is 0 Å². The van der Waals surface area contributed by atoms with E-state index in [4.69, 9.17) is 4.74 Å². The van der Waals surface area contributed by atoms with Crippen LogP contribution in [0.25, 0.3) is 0 Å². The average Bonchev–Trinajstić information content (AvgIpc) is 2.66. The number of hydrogen-bond donors (Lipinski definition) is 1. The summed E-state index contributed by atoms with van der Waals surface area (Å²) in [5.41, 5.74) is -0.304. The summed E-state index contributed by atoms with van der Waals surface area (Å²) < 4.78 is 5.56. The summed E-state index contributed by atoms with van der Waals surface area (Å²) in [7, 11) is 0. The first kappa shape index (κ1) is 10.4. The van der Waals surface area contributed by atoms with Crippen molar-refractivity contribution in [2.75, 3.05) is 6.61 Å². The van der Waals surface area contributed by atoms with Crippen molar-refractivity contribution >= 4 is 0 Å². The minimum Gasteiger partial charge on any atom is -0.390 e. The van der Waals surface area contributed by atoms with Crippen molar-refractivity contribution in [3.8, 4) is 0 Å². The van der Waals surface area contributed by atoms with Crippen LogP contribution in [0, 0.1) is 5.92 Å². The van der Waals surface area contributed by atoms with E-state index in [1.54, 1.807) is 0 Å². The van der Waals surface area contributed by atoms with E-state index < -0.39 is 0 Å². The standard InChI is InChI=1S/C12H22O2/c1-2-4-10-9-12(10,13)7-6-11-5-3-8-14-11/h10-11,13H,2-9H2,1H3. The molecule has 1 aliphatic carbocycles. The van der Waals surface area contributed by atoms with Gasteiger partial charge in [0.2, 0.25) is 0 Å². The maximum absolute atomic E-state index is 10.1. The molecule has 0 radical (unpaired) electrons. The highest BCUT2D eigenvalue weighted by atomic mass is 16.5. The van der Waals surface area contributed by atoms with Crippen molar-refractivity contribution in [1.82, 2.24) is 0 Å². The molecule has 0 amide bonds. The molecule has 0 bridgehead atoms. The van der Waals surface area contributed by atoms with Gasteiger partial charge in [0.05, 0.1) is 11.7 Å². The van der Waals surface area contributed by atoms with Crippen molar-refractivity contribution in [1.29, 1.82) is 0 Å². The minimum atomic E-state index is -0.304. The first-order chi connectivity index (χ1) is 6.74.